The lowest BCUT2D eigenvalue weighted by Gasteiger charge is -2.36. The van der Waals surface area contributed by atoms with Crippen LogP contribution in [0.25, 0.3) is 0 Å². The molecule has 0 fully saturated rings. The molecule has 1 unspecified atom stereocenters. The fraction of sp³-hybridized carbons (Fsp3) is 0.214. The Hall–Kier alpha value is -4.06. The maximum atomic E-state index is 13.2. The van der Waals surface area contributed by atoms with E-state index in [2.05, 4.69) is 5.32 Å². The van der Waals surface area contributed by atoms with Crippen LogP contribution in [-0.4, -0.2) is 23.5 Å². The molecule has 3 aromatic carbocycles. The van der Waals surface area contributed by atoms with E-state index in [0.717, 1.165) is 11.1 Å². The predicted molar refractivity (Wildman–Crippen MR) is 130 cm³/mol. The maximum absolute atomic E-state index is 13.2. The van der Waals surface area contributed by atoms with Crippen molar-refractivity contribution in [2.24, 2.45) is 0 Å². The van der Waals surface area contributed by atoms with Gasteiger partial charge < -0.3 is 14.8 Å². The smallest absolute Gasteiger partial charge is 0.338 e. The van der Waals surface area contributed by atoms with E-state index in [9.17, 15) is 9.59 Å². The van der Waals surface area contributed by atoms with Gasteiger partial charge in [0.1, 0.15) is 12.4 Å². The SMILES string of the molecule is CCOC(=O)C1=C(C)N(Cc2ccccc2)C(=O)NC1c1ccccc1OCc1ccccc1. The number of benzene rings is 3. The summed E-state index contributed by atoms with van der Waals surface area (Å²) < 4.78 is 11.5. The molecule has 0 radical (unpaired) electrons. The van der Waals surface area contributed by atoms with Crippen molar-refractivity contribution < 1.29 is 19.1 Å². The average Bonchev–Trinajstić information content (AvgIpc) is 2.86. The third-order valence-corrected chi connectivity index (χ3v) is 5.74. The lowest BCUT2D eigenvalue weighted by molar-refractivity contribution is -0.139. The third-order valence-electron chi connectivity index (χ3n) is 5.74. The molecule has 4 rings (SSSR count). The first-order valence-corrected chi connectivity index (χ1v) is 11.3. The van der Waals surface area contributed by atoms with E-state index >= 15 is 0 Å². The number of ether oxygens (including phenoxy) is 2. The number of para-hydroxylation sites is 1. The van der Waals surface area contributed by atoms with E-state index in [4.69, 9.17) is 9.47 Å². The lowest BCUT2D eigenvalue weighted by Crippen LogP contribution is -2.47. The number of nitrogens with one attached hydrogen (secondary N) is 1. The molecule has 1 aliphatic rings. The number of amides is 2. The minimum atomic E-state index is -0.689. The first-order chi connectivity index (χ1) is 16.6. The van der Waals surface area contributed by atoms with Crippen molar-refractivity contribution in [1.82, 2.24) is 10.2 Å². The molecule has 6 nitrogen and oxygen atoms in total. The van der Waals surface area contributed by atoms with E-state index in [1.165, 1.54) is 0 Å². The van der Waals surface area contributed by atoms with Crippen LogP contribution in [0, 0.1) is 0 Å². The van der Waals surface area contributed by atoms with Crippen molar-refractivity contribution in [3.8, 4) is 5.75 Å². The number of hydrogen-bond acceptors (Lipinski definition) is 4. The summed E-state index contributed by atoms with van der Waals surface area (Å²) in [6, 6.07) is 26.0. The molecule has 6 heteroatoms. The molecule has 0 aliphatic carbocycles. The first kappa shape index (κ1) is 23.1. The zero-order valence-corrected chi connectivity index (χ0v) is 19.4. The highest BCUT2D eigenvalue weighted by Crippen LogP contribution is 2.36. The highest BCUT2D eigenvalue weighted by Gasteiger charge is 2.37. The number of allylic oxidation sites excluding steroid dienone is 1. The Labute approximate surface area is 199 Å². The summed E-state index contributed by atoms with van der Waals surface area (Å²) in [6.45, 7) is 4.51. The van der Waals surface area contributed by atoms with Crippen molar-refractivity contribution in [2.75, 3.05) is 6.61 Å². The van der Waals surface area contributed by atoms with E-state index in [0.29, 0.717) is 35.7 Å². The number of urea groups is 1. The van der Waals surface area contributed by atoms with Gasteiger partial charge in [-0.3, -0.25) is 4.90 Å². The number of hydrogen-bond donors (Lipinski definition) is 1. The van der Waals surface area contributed by atoms with Crippen LogP contribution in [0.15, 0.2) is 96.2 Å². The van der Waals surface area contributed by atoms with Crippen molar-refractivity contribution in [1.29, 1.82) is 0 Å². The minimum absolute atomic E-state index is 0.237. The van der Waals surface area contributed by atoms with Gasteiger partial charge in [-0.25, -0.2) is 9.59 Å². The van der Waals surface area contributed by atoms with Crippen molar-refractivity contribution in [3.63, 3.8) is 0 Å². The first-order valence-electron chi connectivity index (χ1n) is 11.3. The van der Waals surface area contributed by atoms with E-state index in [1.54, 1.807) is 18.7 Å². The Kier molecular flexibility index (Phi) is 7.28. The summed E-state index contributed by atoms with van der Waals surface area (Å²) in [5, 5.41) is 3.01. The van der Waals surface area contributed by atoms with Crippen molar-refractivity contribution in [2.45, 2.75) is 33.0 Å². The number of carbonyl (C=O) groups is 2. The highest BCUT2D eigenvalue weighted by molar-refractivity contribution is 5.95. The van der Waals surface area contributed by atoms with E-state index < -0.39 is 12.0 Å². The largest absolute Gasteiger partial charge is 0.489 e. The molecule has 34 heavy (non-hydrogen) atoms. The van der Waals surface area contributed by atoms with Gasteiger partial charge in [0.05, 0.1) is 24.8 Å². The second kappa shape index (κ2) is 10.7. The Morgan fingerprint density at radius 1 is 0.912 bits per heavy atom. The molecule has 1 N–H and O–H groups in total. The number of nitrogens with zero attached hydrogens (tertiary/aromatic N) is 1. The van der Waals surface area contributed by atoms with Crippen LogP contribution in [0.1, 0.15) is 36.6 Å². The molecule has 1 atom stereocenters. The van der Waals surface area contributed by atoms with Crippen molar-refractivity contribution >= 4 is 12.0 Å². The Balaban J connectivity index is 1.69. The van der Waals surface area contributed by atoms with Gasteiger partial charge in [0.25, 0.3) is 0 Å². The molecule has 2 amide bonds. The number of esters is 1. The van der Waals surface area contributed by atoms with Gasteiger partial charge in [-0.2, -0.15) is 0 Å². The molecular formula is C28H28N2O4. The topological polar surface area (TPSA) is 67.9 Å². The molecule has 0 aromatic heterocycles. The molecule has 0 saturated carbocycles. The summed E-state index contributed by atoms with van der Waals surface area (Å²) in [4.78, 5) is 27.9. The van der Waals surface area contributed by atoms with Crippen LogP contribution in [0.5, 0.6) is 5.75 Å². The molecule has 3 aromatic rings. The van der Waals surface area contributed by atoms with Gasteiger partial charge in [0.2, 0.25) is 0 Å². The summed E-state index contributed by atoms with van der Waals surface area (Å²) in [7, 11) is 0. The van der Waals surface area contributed by atoms with Gasteiger partial charge in [0.15, 0.2) is 0 Å². The summed E-state index contributed by atoms with van der Waals surface area (Å²) >= 11 is 0. The van der Waals surface area contributed by atoms with Gasteiger partial charge in [-0.05, 0) is 31.0 Å². The molecule has 0 saturated heterocycles. The average molecular weight is 457 g/mol. The van der Waals surface area contributed by atoms with Crippen LogP contribution in [0.4, 0.5) is 4.79 Å². The summed E-state index contributed by atoms with van der Waals surface area (Å²) in [5.41, 5.74) is 3.65. The monoisotopic (exact) mass is 456 g/mol. The second-order valence-corrected chi connectivity index (χ2v) is 7.99. The fourth-order valence-electron chi connectivity index (χ4n) is 4.03. The zero-order chi connectivity index (χ0) is 23.9. The molecule has 0 spiro atoms. The van der Waals surface area contributed by atoms with E-state index in [-0.39, 0.29) is 12.6 Å². The quantitative estimate of drug-likeness (QED) is 0.463. The Morgan fingerprint density at radius 2 is 1.53 bits per heavy atom. The highest BCUT2D eigenvalue weighted by atomic mass is 16.5. The van der Waals surface area contributed by atoms with Gasteiger partial charge in [-0.1, -0.05) is 78.9 Å². The van der Waals surface area contributed by atoms with Gasteiger partial charge in [0, 0.05) is 11.3 Å². The molecule has 1 aliphatic heterocycles. The minimum Gasteiger partial charge on any atom is -0.489 e. The number of carbonyl (C=O) groups excluding carboxylic acids is 2. The molecular weight excluding hydrogens is 428 g/mol. The van der Waals surface area contributed by atoms with Crippen molar-refractivity contribution in [3.05, 3.63) is 113 Å². The normalized spacial score (nSPS) is 15.6. The van der Waals surface area contributed by atoms with Gasteiger partial charge >= 0.3 is 12.0 Å². The van der Waals surface area contributed by atoms with Crippen LogP contribution in [-0.2, 0) is 22.7 Å². The number of rotatable bonds is 8. The molecule has 1 heterocycles. The van der Waals surface area contributed by atoms with Gasteiger partial charge in [-0.15, -0.1) is 0 Å². The van der Waals surface area contributed by atoms with Crippen LogP contribution >= 0.6 is 0 Å². The fourth-order valence-corrected chi connectivity index (χ4v) is 4.03. The summed E-state index contributed by atoms with van der Waals surface area (Å²) in [5.74, 6) is 0.142. The molecule has 0 bridgehead atoms. The lowest BCUT2D eigenvalue weighted by atomic mass is 9.94. The summed E-state index contributed by atoms with van der Waals surface area (Å²) in [6.07, 6.45) is 0. The predicted octanol–water partition coefficient (Wildman–Crippen LogP) is 5.37. The second-order valence-electron chi connectivity index (χ2n) is 7.99. The van der Waals surface area contributed by atoms with Crippen LogP contribution < -0.4 is 10.1 Å². The molecule has 174 valence electrons. The Bertz CT molecular complexity index is 1180. The zero-order valence-electron chi connectivity index (χ0n) is 19.4. The van der Waals surface area contributed by atoms with E-state index in [1.807, 2.05) is 84.9 Å². The maximum Gasteiger partial charge on any atom is 0.338 e. The standard InChI is InChI=1S/C28H28N2O4/c1-3-33-27(31)25-20(2)30(18-21-12-6-4-7-13-21)28(32)29-26(25)23-16-10-11-17-24(23)34-19-22-14-8-5-9-15-22/h4-17,26H,3,18-19H2,1-2H3,(H,29,32). The van der Waals surface area contributed by atoms with Crippen LogP contribution in [0.3, 0.4) is 0 Å². The Morgan fingerprint density at radius 3 is 2.21 bits per heavy atom. The van der Waals surface area contributed by atoms with Crippen LogP contribution in [0.2, 0.25) is 0 Å². The third kappa shape index (κ3) is 5.12.